The van der Waals surface area contributed by atoms with E-state index < -0.39 is 0 Å². The third-order valence-electron chi connectivity index (χ3n) is 3.59. The van der Waals surface area contributed by atoms with Crippen LogP contribution >= 0.6 is 0 Å². The summed E-state index contributed by atoms with van der Waals surface area (Å²) in [6.07, 6.45) is 1.91. The van der Waals surface area contributed by atoms with Crippen molar-refractivity contribution >= 4 is 11.7 Å². The molecule has 1 aliphatic carbocycles. The molecule has 4 heteroatoms. The minimum atomic E-state index is -0.0903. The highest BCUT2D eigenvalue weighted by Crippen LogP contribution is 2.31. The first kappa shape index (κ1) is 13.6. The molecular weight excluding hydrogens is 242 g/mol. The van der Waals surface area contributed by atoms with Crippen molar-refractivity contribution in [2.24, 2.45) is 0 Å². The van der Waals surface area contributed by atoms with Gasteiger partial charge in [0.15, 0.2) is 5.78 Å². The van der Waals surface area contributed by atoms with Gasteiger partial charge in [-0.2, -0.15) is 0 Å². The third kappa shape index (κ3) is 2.78. The second-order valence-electron chi connectivity index (χ2n) is 5.00. The topological polar surface area (TPSA) is 55.4 Å². The van der Waals surface area contributed by atoms with Crippen molar-refractivity contribution in [3.8, 4) is 5.75 Å². The lowest BCUT2D eigenvalue weighted by Crippen LogP contribution is -2.34. The maximum absolute atomic E-state index is 12.4. The molecular formula is C15H19NO3. The molecule has 1 atom stereocenters. The van der Waals surface area contributed by atoms with Crippen LogP contribution in [0.3, 0.4) is 0 Å². The first-order chi connectivity index (χ1) is 9.02. The fourth-order valence-electron chi connectivity index (χ4n) is 2.69. The predicted octanol–water partition coefficient (Wildman–Crippen LogP) is 2.03. The van der Waals surface area contributed by atoms with Gasteiger partial charge in [-0.3, -0.25) is 9.59 Å². The van der Waals surface area contributed by atoms with Crippen molar-refractivity contribution in [3.63, 3.8) is 0 Å². The molecule has 1 amide bonds. The van der Waals surface area contributed by atoms with E-state index in [2.05, 4.69) is 5.32 Å². The largest absolute Gasteiger partial charge is 0.496 e. The molecule has 0 unspecified atom stereocenters. The summed E-state index contributed by atoms with van der Waals surface area (Å²) >= 11 is 0. The summed E-state index contributed by atoms with van der Waals surface area (Å²) in [4.78, 5) is 23.5. The van der Waals surface area contributed by atoms with Gasteiger partial charge < -0.3 is 10.1 Å². The Bertz CT molecular complexity index is 522. The Kier molecular flexibility index (Phi) is 3.88. The minimum Gasteiger partial charge on any atom is -0.496 e. The van der Waals surface area contributed by atoms with Gasteiger partial charge >= 0.3 is 0 Å². The maximum Gasteiger partial charge on any atom is 0.217 e. The molecule has 1 aliphatic rings. The van der Waals surface area contributed by atoms with Crippen LogP contribution in [0.15, 0.2) is 12.1 Å². The van der Waals surface area contributed by atoms with Crippen LogP contribution in [-0.4, -0.2) is 24.8 Å². The number of ether oxygens (including phenoxy) is 1. The Hall–Kier alpha value is -1.84. The van der Waals surface area contributed by atoms with E-state index in [1.807, 2.05) is 19.1 Å². The lowest BCUT2D eigenvalue weighted by Gasteiger charge is -2.13. The van der Waals surface area contributed by atoms with Gasteiger partial charge in [0.05, 0.1) is 12.7 Å². The number of carbonyl (C=O) groups excluding carboxylic acids is 2. The molecule has 2 rings (SSSR count). The summed E-state index contributed by atoms with van der Waals surface area (Å²) in [7, 11) is 1.58. The lowest BCUT2D eigenvalue weighted by molar-refractivity contribution is -0.119. The lowest BCUT2D eigenvalue weighted by atomic mass is 9.96. The van der Waals surface area contributed by atoms with Gasteiger partial charge in [0.2, 0.25) is 5.91 Å². The van der Waals surface area contributed by atoms with Crippen molar-refractivity contribution in [1.29, 1.82) is 0 Å². The molecule has 4 nitrogen and oxygen atoms in total. The number of nitrogens with one attached hydrogen (secondary N) is 1. The second-order valence-corrected chi connectivity index (χ2v) is 5.00. The Morgan fingerprint density at radius 3 is 2.79 bits per heavy atom. The van der Waals surface area contributed by atoms with Crippen molar-refractivity contribution in [3.05, 3.63) is 28.8 Å². The Labute approximate surface area is 113 Å². The molecule has 19 heavy (non-hydrogen) atoms. The molecule has 0 bridgehead atoms. The first-order valence-corrected chi connectivity index (χ1v) is 6.49. The molecule has 0 aromatic heterocycles. The summed E-state index contributed by atoms with van der Waals surface area (Å²) in [5, 5.41) is 2.84. The smallest absolute Gasteiger partial charge is 0.217 e. The Morgan fingerprint density at radius 1 is 1.42 bits per heavy atom. The zero-order chi connectivity index (χ0) is 14.0. The van der Waals surface area contributed by atoms with Crippen LogP contribution in [0.1, 0.15) is 41.3 Å². The summed E-state index contributed by atoms with van der Waals surface area (Å²) < 4.78 is 5.30. The highest BCUT2D eigenvalue weighted by atomic mass is 16.5. The van der Waals surface area contributed by atoms with Crippen LogP contribution in [-0.2, 0) is 11.2 Å². The second kappa shape index (κ2) is 5.43. The molecule has 1 N–H and O–H groups in total. The zero-order valence-electron chi connectivity index (χ0n) is 11.6. The van der Waals surface area contributed by atoms with E-state index in [0.717, 1.165) is 24.0 Å². The van der Waals surface area contributed by atoms with E-state index in [9.17, 15) is 9.59 Å². The van der Waals surface area contributed by atoms with Crippen LogP contribution in [0, 0.1) is 6.92 Å². The van der Waals surface area contributed by atoms with Gasteiger partial charge in [0.25, 0.3) is 0 Å². The highest BCUT2D eigenvalue weighted by molar-refractivity contribution is 6.01. The fraction of sp³-hybridized carbons (Fsp3) is 0.467. The van der Waals surface area contributed by atoms with Gasteiger partial charge in [-0.25, -0.2) is 0 Å². The van der Waals surface area contributed by atoms with Crippen molar-refractivity contribution in [2.45, 2.75) is 39.2 Å². The van der Waals surface area contributed by atoms with Crippen LogP contribution in [0.2, 0.25) is 0 Å². The van der Waals surface area contributed by atoms with Crippen LogP contribution in [0.4, 0.5) is 0 Å². The SMILES string of the molecule is COc1ccc(C)c2c1C(=O)C[C@@H](NC(C)=O)CC2. The van der Waals surface area contributed by atoms with Crippen molar-refractivity contribution < 1.29 is 14.3 Å². The Balaban J connectivity index is 2.37. The fourth-order valence-corrected chi connectivity index (χ4v) is 2.69. The van der Waals surface area contributed by atoms with E-state index in [1.165, 1.54) is 6.92 Å². The summed E-state index contributed by atoms with van der Waals surface area (Å²) in [6.45, 7) is 3.48. The molecule has 0 aliphatic heterocycles. The van der Waals surface area contributed by atoms with E-state index >= 15 is 0 Å². The molecule has 102 valence electrons. The van der Waals surface area contributed by atoms with Gasteiger partial charge in [0, 0.05) is 19.4 Å². The summed E-state index contributed by atoms with van der Waals surface area (Å²) in [5.41, 5.74) is 2.85. The number of benzene rings is 1. The number of hydrogen-bond donors (Lipinski definition) is 1. The molecule has 0 heterocycles. The molecule has 0 saturated carbocycles. The first-order valence-electron chi connectivity index (χ1n) is 6.49. The minimum absolute atomic E-state index is 0.0480. The number of aryl methyl sites for hydroxylation is 1. The monoisotopic (exact) mass is 261 g/mol. The predicted molar refractivity (Wildman–Crippen MR) is 72.6 cm³/mol. The van der Waals surface area contributed by atoms with Gasteiger partial charge in [0.1, 0.15) is 5.75 Å². The number of Topliss-reactive ketones (excluding diaryl/α,β-unsaturated/α-hetero) is 1. The molecule has 0 spiro atoms. The average molecular weight is 261 g/mol. The standard InChI is InChI=1S/C15H19NO3/c1-9-4-7-14(19-3)15-12(9)6-5-11(8-13(15)18)16-10(2)17/h4,7,11H,5-6,8H2,1-3H3,(H,16,17)/t11-/m0/s1. The van der Waals surface area contributed by atoms with Crippen molar-refractivity contribution in [2.75, 3.05) is 7.11 Å². The normalized spacial score (nSPS) is 18.5. The number of carbonyl (C=O) groups is 2. The highest BCUT2D eigenvalue weighted by Gasteiger charge is 2.26. The maximum atomic E-state index is 12.4. The molecule has 1 aromatic carbocycles. The van der Waals surface area contributed by atoms with Crippen LogP contribution in [0.25, 0.3) is 0 Å². The van der Waals surface area contributed by atoms with Crippen LogP contribution in [0.5, 0.6) is 5.75 Å². The third-order valence-corrected chi connectivity index (χ3v) is 3.59. The van der Waals surface area contributed by atoms with E-state index in [4.69, 9.17) is 4.74 Å². The zero-order valence-corrected chi connectivity index (χ0v) is 11.6. The summed E-state index contributed by atoms with van der Waals surface area (Å²) in [5.74, 6) is 0.591. The number of hydrogen-bond acceptors (Lipinski definition) is 3. The summed E-state index contributed by atoms with van der Waals surface area (Å²) in [6, 6.07) is 3.73. The molecule has 1 aromatic rings. The number of amides is 1. The quantitative estimate of drug-likeness (QED) is 0.829. The molecule has 0 fully saturated rings. The van der Waals surface area contributed by atoms with E-state index in [1.54, 1.807) is 7.11 Å². The molecule has 0 saturated heterocycles. The Morgan fingerprint density at radius 2 is 2.16 bits per heavy atom. The van der Waals surface area contributed by atoms with E-state index in [-0.39, 0.29) is 17.7 Å². The number of ketones is 1. The van der Waals surface area contributed by atoms with Crippen LogP contribution < -0.4 is 10.1 Å². The van der Waals surface area contributed by atoms with E-state index in [0.29, 0.717) is 17.7 Å². The van der Waals surface area contributed by atoms with Gasteiger partial charge in [-0.15, -0.1) is 0 Å². The van der Waals surface area contributed by atoms with Crippen molar-refractivity contribution in [1.82, 2.24) is 5.32 Å². The average Bonchev–Trinajstić information content (AvgIpc) is 2.50. The molecule has 0 radical (unpaired) electrons. The number of methoxy groups -OCH3 is 1. The van der Waals surface area contributed by atoms with Gasteiger partial charge in [-0.05, 0) is 37.0 Å². The van der Waals surface area contributed by atoms with Gasteiger partial charge in [-0.1, -0.05) is 6.07 Å². The number of fused-ring (bicyclic) bond motifs is 1. The number of rotatable bonds is 2.